The van der Waals surface area contributed by atoms with Crippen molar-refractivity contribution in [3.8, 4) is 0 Å². The van der Waals surface area contributed by atoms with Crippen molar-refractivity contribution in [2.45, 2.75) is 13.1 Å². The lowest BCUT2D eigenvalue weighted by atomic mass is 10.2. The summed E-state index contributed by atoms with van der Waals surface area (Å²) in [5, 5.41) is 4.13. The molecule has 0 fully saturated rings. The molecule has 0 atom stereocenters. The van der Waals surface area contributed by atoms with Crippen LogP contribution in [0.2, 0.25) is 0 Å². The number of hydrogen-bond donors (Lipinski definition) is 0. The van der Waals surface area contributed by atoms with E-state index in [-0.39, 0.29) is 5.82 Å². The highest BCUT2D eigenvalue weighted by Crippen LogP contribution is 2.16. The molecule has 0 saturated heterocycles. The van der Waals surface area contributed by atoms with Gasteiger partial charge in [0.1, 0.15) is 5.82 Å². The maximum absolute atomic E-state index is 13.2. The summed E-state index contributed by atoms with van der Waals surface area (Å²) < 4.78 is 15.8. The third-order valence-corrected chi connectivity index (χ3v) is 3.04. The monoisotopic (exact) mass is 311 g/mol. The number of nitrogens with zero attached hydrogens (tertiary/aromatic N) is 3. The van der Waals surface area contributed by atoms with Gasteiger partial charge >= 0.3 is 0 Å². The molecule has 1 aromatic heterocycles. The summed E-state index contributed by atoms with van der Waals surface area (Å²) in [7, 11) is 3.90. The molecule has 5 heteroatoms. The first-order valence-electron chi connectivity index (χ1n) is 5.64. The highest BCUT2D eigenvalue weighted by atomic mass is 79.9. The van der Waals surface area contributed by atoms with Crippen molar-refractivity contribution in [2.24, 2.45) is 7.05 Å². The van der Waals surface area contributed by atoms with Gasteiger partial charge in [-0.3, -0.25) is 9.58 Å². The maximum atomic E-state index is 13.2. The molecule has 2 aromatic rings. The van der Waals surface area contributed by atoms with Crippen molar-refractivity contribution in [3.63, 3.8) is 0 Å². The Hall–Kier alpha value is -1.20. The van der Waals surface area contributed by atoms with Gasteiger partial charge in [0.15, 0.2) is 0 Å². The molecule has 0 N–H and O–H groups in total. The van der Waals surface area contributed by atoms with Crippen molar-refractivity contribution in [1.82, 2.24) is 14.7 Å². The average Bonchev–Trinajstić information content (AvgIpc) is 2.61. The summed E-state index contributed by atoms with van der Waals surface area (Å²) in [6.07, 6.45) is 3.83. The van der Waals surface area contributed by atoms with Crippen LogP contribution < -0.4 is 0 Å². The molecule has 3 nitrogen and oxygen atoms in total. The Morgan fingerprint density at radius 3 is 2.61 bits per heavy atom. The normalized spacial score (nSPS) is 11.2. The first-order valence-corrected chi connectivity index (χ1v) is 6.43. The van der Waals surface area contributed by atoms with Crippen LogP contribution in [0, 0.1) is 5.82 Å². The fourth-order valence-electron chi connectivity index (χ4n) is 1.94. The number of benzene rings is 1. The molecule has 0 aliphatic heterocycles. The highest BCUT2D eigenvalue weighted by molar-refractivity contribution is 9.10. The molecular weight excluding hydrogens is 297 g/mol. The second kappa shape index (κ2) is 5.63. The molecule has 96 valence electrons. The van der Waals surface area contributed by atoms with E-state index >= 15 is 0 Å². The zero-order valence-electron chi connectivity index (χ0n) is 10.4. The van der Waals surface area contributed by atoms with Crippen LogP contribution in [0.5, 0.6) is 0 Å². The van der Waals surface area contributed by atoms with E-state index in [1.54, 1.807) is 10.7 Å². The van der Waals surface area contributed by atoms with Crippen LogP contribution in [0.1, 0.15) is 11.1 Å². The standard InChI is InChI=1S/C13H15BrFN3/c1-17(8-11-6-16-18(2)9-11)7-10-3-12(14)5-13(15)4-10/h3-6,9H,7-8H2,1-2H3. The second-order valence-electron chi connectivity index (χ2n) is 4.47. The summed E-state index contributed by atoms with van der Waals surface area (Å²) in [6.45, 7) is 1.49. The van der Waals surface area contributed by atoms with Crippen LogP contribution in [-0.2, 0) is 20.1 Å². The molecule has 18 heavy (non-hydrogen) atoms. The summed E-state index contributed by atoms with van der Waals surface area (Å²) in [5.74, 6) is -0.214. The van der Waals surface area contributed by atoms with Gasteiger partial charge < -0.3 is 0 Å². The number of rotatable bonds is 4. The van der Waals surface area contributed by atoms with E-state index in [9.17, 15) is 4.39 Å². The van der Waals surface area contributed by atoms with Crippen molar-refractivity contribution >= 4 is 15.9 Å². The van der Waals surface area contributed by atoms with Gasteiger partial charge in [0.05, 0.1) is 6.20 Å². The summed E-state index contributed by atoms with van der Waals surface area (Å²) in [6, 6.07) is 4.96. The van der Waals surface area contributed by atoms with E-state index in [4.69, 9.17) is 0 Å². The van der Waals surface area contributed by atoms with Gasteiger partial charge in [-0.25, -0.2) is 4.39 Å². The Kier molecular flexibility index (Phi) is 4.14. The van der Waals surface area contributed by atoms with E-state index in [0.717, 1.165) is 22.1 Å². The van der Waals surface area contributed by atoms with Crippen LogP contribution in [0.25, 0.3) is 0 Å². The fourth-order valence-corrected chi connectivity index (χ4v) is 2.45. The third kappa shape index (κ3) is 3.65. The summed E-state index contributed by atoms with van der Waals surface area (Å²) >= 11 is 3.30. The number of hydrogen-bond acceptors (Lipinski definition) is 2. The maximum Gasteiger partial charge on any atom is 0.124 e. The van der Waals surface area contributed by atoms with Gasteiger partial charge in [0, 0.05) is 36.4 Å². The zero-order chi connectivity index (χ0) is 13.1. The Morgan fingerprint density at radius 2 is 2.00 bits per heavy atom. The van der Waals surface area contributed by atoms with Gasteiger partial charge in [0.2, 0.25) is 0 Å². The number of aromatic nitrogens is 2. The van der Waals surface area contributed by atoms with E-state index in [2.05, 4.69) is 25.9 Å². The molecule has 0 bridgehead atoms. The largest absolute Gasteiger partial charge is 0.298 e. The first-order chi connectivity index (χ1) is 8.52. The van der Waals surface area contributed by atoms with E-state index in [1.165, 1.54) is 6.07 Å². The fraction of sp³-hybridized carbons (Fsp3) is 0.308. The lowest BCUT2D eigenvalue weighted by Crippen LogP contribution is -2.17. The smallest absolute Gasteiger partial charge is 0.124 e. The Morgan fingerprint density at radius 1 is 1.28 bits per heavy atom. The minimum Gasteiger partial charge on any atom is -0.298 e. The molecule has 0 unspecified atom stereocenters. The third-order valence-electron chi connectivity index (χ3n) is 2.59. The molecule has 0 radical (unpaired) electrons. The van der Waals surface area contributed by atoms with Gasteiger partial charge in [-0.15, -0.1) is 0 Å². The Bertz CT molecular complexity index is 519. The minimum absolute atomic E-state index is 0.214. The molecule has 0 saturated carbocycles. The van der Waals surface area contributed by atoms with Gasteiger partial charge in [-0.1, -0.05) is 15.9 Å². The predicted molar refractivity (Wildman–Crippen MR) is 72.5 cm³/mol. The lowest BCUT2D eigenvalue weighted by molar-refractivity contribution is 0.318. The Balaban J connectivity index is 2.00. The van der Waals surface area contributed by atoms with Crippen LogP contribution >= 0.6 is 15.9 Å². The molecule has 1 aromatic carbocycles. The SMILES string of the molecule is CN(Cc1cc(F)cc(Br)c1)Cc1cnn(C)c1. The highest BCUT2D eigenvalue weighted by Gasteiger charge is 2.05. The molecule has 0 amide bonds. The van der Waals surface area contributed by atoms with Gasteiger partial charge in [-0.2, -0.15) is 5.10 Å². The molecule has 0 aliphatic carbocycles. The average molecular weight is 312 g/mol. The molecule has 0 aliphatic rings. The van der Waals surface area contributed by atoms with Crippen LogP contribution in [0.4, 0.5) is 4.39 Å². The number of aryl methyl sites for hydroxylation is 1. The van der Waals surface area contributed by atoms with E-state index in [0.29, 0.717) is 6.54 Å². The topological polar surface area (TPSA) is 21.1 Å². The quantitative estimate of drug-likeness (QED) is 0.865. The second-order valence-corrected chi connectivity index (χ2v) is 5.39. The zero-order valence-corrected chi connectivity index (χ0v) is 12.0. The molecule has 0 spiro atoms. The molecular formula is C13H15BrFN3. The predicted octanol–water partition coefficient (Wildman–Crippen LogP) is 2.95. The molecule has 2 rings (SSSR count). The minimum atomic E-state index is -0.214. The Labute approximate surface area is 114 Å². The van der Waals surface area contributed by atoms with Crippen molar-refractivity contribution < 1.29 is 4.39 Å². The molecule has 1 heterocycles. The van der Waals surface area contributed by atoms with Crippen LogP contribution in [0.15, 0.2) is 35.1 Å². The van der Waals surface area contributed by atoms with Crippen molar-refractivity contribution in [2.75, 3.05) is 7.05 Å². The van der Waals surface area contributed by atoms with E-state index in [1.807, 2.05) is 32.6 Å². The first kappa shape index (κ1) is 13.2. The number of halogens is 2. The van der Waals surface area contributed by atoms with Gasteiger partial charge in [0.25, 0.3) is 0 Å². The van der Waals surface area contributed by atoms with Gasteiger partial charge in [-0.05, 0) is 30.8 Å². The van der Waals surface area contributed by atoms with Crippen LogP contribution in [0.3, 0.4) is 0 Å². The van der Waals surface area contributed by atoms with E-state index < -0.39 is 0 Å². The summed E-state index contributed by atoms with van der Waals surface area (Å²) in [5.41, 5.74) is 2.10. The lowest BCUT2D eigenvalue weighted by Gasteiger charge is -2.15. The van der Waals surface area contributed by atoms with Crippen molar-refractivity contribution in [3.05, 3.63) is 52.0 Å². The van der Waals surface area contributed by atoms with Crippen LogP contribution in [-0.4, -0.2) is 21.7 Å². The summed E-state index contributed by atoms with van der Waals surface area (Å²) in [4.78, 5) is 2.12. The van der Waals surface area contributed by atoms with Crippen molar-refractivity contribution in [1.29, 1.82) is 0 Å².